The third-order valence-corrected chi connectivity index (χ3v) is 4.13. The second-order valence-corrected chi connectivity index (χ2v) is 5.95. The molecule has 2 rings (SSSR count). The number of ether oxygens (including phenoxy) is 2. The fourth-order valence-corrected chi connectivity index (χ4v) is 2.98. The minimum atomic E-state index is -0.144. The van der Waals surface area contributed by atoms with Crippen LogP contribution in [0.25, 0.3) is 0 Å². The van der Waals surface area contributed by atoms with E-state index < -0.39 is 0 Å². The fourth-order valence-electron chi connectivity index (χ4n) is 2.46. The van der Waals surface area contributed by atoms with Gasteiger partial charge in [0.25, 0.3) is 0 Å². The van der Waals surface area contributed by atoms with Gasteiger partial charge in [-0.2, -0.15) is 0 Å². The molecule has 0 saturated heterocycles. The van der Waals surface area contributed by atoms with Gasteiger partial charge < -0.3 is 9.47 Å². The van der Waals surface area contributed by atoms with Gasteiger partial charge in [-0.05, 0) is 72.7 Å². The predicted octanol–water partition coefficient (Wildman–Crippen LogP) is 4.27. The molecule has 0 N–H and O–H groups in total. The Morgan fingerprint density at radius 1 is 1.35 bits per heavy atom. The topological polar surface area (TPSA) is 35.5 Å². The summed E-state index contributed by atoms with van der Waals surface area (Å²) in [7, 11) is 0. The summed E-state index contributed by atoms with van der Waals surface area (Å²) in [5.41, 5.74) is 1.11. The summed E-state index contributed by atoms with van der Waals surface area (Å²) in [5.74, 6) is 0.756. The Balaban J connectivity index is 1.89. The molecule has 20 heavy (non-hydrogen) atoms. The molecular formula is C16H21BrO3. The Labute approximate surface area is 128 Å². The molecule has 0 spiro atoms. The number of hydrogen-bond donors (Lipinski definition) is 0. The first-order valence-electron chi connectivity index (χ1n) is 7.29. The number of esters is 1. The Bertz CT molecular complexity index is 453. The molecule has 0 bridgehead atoms. The summed E-state index contributed by atoms with van der Waals surface area (Å²) in [5, 5.41) is 0. The number of carbonyl (C=O) groups excluding carboxylic acids is 1. The normalized spacial score (nSPS) is 15.3. The lowest BCUT2D eigenvalue weighted by atomic mass is 10.1. The van der Waals surface area contributed by atoms with Crippen LogP contribution in [0.2, 0.25) is 0 Å². The Morgan fingerprint density at radius 2 is 2.10 bits per heavy atom. The molecule has 4 heteroatoms. The second-order valence-electron chi connectivity index (χ2n) is 5.09. The van der Waals surface area contributed by atoms with Gasteiger partial charge in [-0.3, -0.25) is 4.79 Å². The second kappa shape index (κ2) is 7.67. The number of carbonyl (C=O) groups is 1. The highest BCUT2D eigenvalue weighted by molar-refractivity contribution is 9.10. The molecule has 0 unspecified atom stereocenters. The van der Waals surface area contributed by atoms with E-state index >= 15 is 0 Å². The highest BCUT2D eigenvalue weighted by Crippen LogP contribution is 2.31. The van der Waals surface area contributed by atoms with E-state index in [0.717, 1.165) is 28.6 Å². The van der Waals surface area contributed by atoms with E-state index in [-0.39, 0.29) is 5.97 Å². The number of hydrogen-bond acceptors (Lipinski definition) is 3. The lowest BCUT2D eigenvalue weighted by molar-refractivity contribution is -0.143. The molecule has 110 valence electrons. The molecule has 1 aliphatic rings. The first-order chi connectivity index (χ1) is 9.69. The van der Waals surface area contributed by atoms with Crippen LogP contribution >= 0.6 is 15.9 Å². The van der Waals surface area contributed by atoms with Gasteiger partial charge in [0, 0.05) is 6.42 Å². The summed E-state index contributed by atoms with van der Waals surface area (Å²) in [6.07, 6.45) is 6.30. The maximum Gasteiger partial charge on any atom is 0.306 e. The Morgan fingerprint density at radius 3 is 2.75 bits per heavy atom. The molecule has 1 fully saturated rings. The first-order valence-corrected chi connectivity index (χ1v) is 8.09. The van der Waals surface area contributed by atoms with Crippen LogP contribution in [0.15, 0.2) is 22.7 Å². The number of aryl methyl sites for hydroxylation is 1. The number of halogens is 1. The van der Waals surface area contributed by atoms with E-state index in [1.807, 2.05) is 25.1 Å². The summed E-state index contributed by atoms with van der Waals surface area (Å²) >= 11 is 3.55. The van der Waals surface area contributed by atoms with Crippen LogP contribution < -0.4 is 4.74 Å². The quantitative estimate of drug-likeness (QED) is 0.725. The maximum atomic E-state index is 11.3. The van der Waals surface area contributed by atoms with Gasteiger partial charge in [-0.1, -0.05) is 6.07 Å². The van der Waals surface area contributed by atoms with Gasteiger partial charge in [0.15, 0.2) is 0 Å². The molecule has 0 aromatic heterocycles. The molecule has 0 atom stereocenters. The molecule has 0 aliphatic heterocycles. The smallest absolute Gasteiger partial charge is 0.306 e. The van der Waals surface area contributed by atoms with E-state index in [0.29, 0.717) is 25.6 Å². The standard InChI is InChI=1S/C16H21BrO3/c1-2-19-16(18)10-8-12-7-9-15(14(17)11-12)20-13-5-3-4-6-13/h7,9,11,13H,2-6,8,10H2,1H3. The molecule has 0 radical (unpaired) electrons. The molecule has 1 aromatic carbocycles. The van der Waals surface area contributed by atoms with Gasteiger partial charge in [0.05, 0.1) is 17.2 Å². The summed E-state index contributed by atoms with van der Waals surface area (Å²) < 4.78 is 11.9. The molecule has 1 aliphatic carbocycles. The van der Waals surface area contributed by atoms with Crippen LogP contribution in [0.5, 0.6) is 5.75 Å². The largest absolute Gasteiger partial charge is 0.489 e. The third kappa shape index (κ3) is 4.51. The molecule has 3 nitrogen and oxygen atoms in total. The van der Waals surface area contributed by atoms with Crippen molar-refractivity contribution in [2.24, 2.45) is 0 Å². The Kier molecular flexibility index (Phi) is 5.89. The van der Waals surface area contributed by atoms with Crippen molar-refractivity contribution in [1.29, 1.82) is 0 Å². The van der Waals surface area contributed by atoms with Crippen molar-refractivity contribution < 1.29 is 14.3 Å². The van der Waals surface area contributed by atoms with Crippen LogP contribution in [0.1, 0.15) is 44.6 Å². The highest BCUT2D eigenvalue weighted by atomic mass is 79.9. The molecule has 0 heterocycles. The van der Waals surface area contributed by atoms with Crippen molar-refractivity contribution in [2.75, 3.05) is 6.61 Å². The van der Waals surface area contributed by atoms with Crippen LogP contribution in [0.4, 0.5) is 0 Å². The maximum absolute atomic E-state index is 11.3. The first kappa shape index (κ1) is 15.4. The van der Waals surface area contributed by atoms with E-state index in [1.54, 1.807) is 0 Å². The zero-order valence-electron chi connectivity index (χ0n) is 11.9. The highest BCUT2D eigenvalue weighted by Gasteiger charge is 2.17. The average molecular weight is 341 g/mol. The minimum Gasteiger partial charge on any atom is -0.489 e. The SMILES string of the molecule is CCOC(=O)CCc1ccc(OC2CCCC2)c(Br)c1. The monoisotopic (exact) mass is 340 g/mol. The van der Waals surface area contributed by atoms with Crippen molar-refractivity contribution in [2.45, 2.75) is 51.6 Å². The summed E-state index contributed by atoms with van der Waals surface area (Å²) in [6.45, 7) is 2.26. The zero-order chi connectivity index (χ0) is 14.4. The van der Waals surface area contributed by atoms with E-state index in [1.165, 1.54) is 12.8 Å². The summed E-state index contributed by atoms with van der Waals surface area (Å²) in [6, 6.07) is 6.04. The predicted molar refractivity (Wildman–Crippen MR) is 82.0 cm³/mol. The van der Waals surface area contributed by atoms with Crippen LogP contribution in [0.3, 0.4) is 0 Å². The number of rotatable bonds is 6. The average Bonchev–Trinajstić information content (AvgIpc) is 2.92. The summed E-state index contributed by atoms with van der Waals surface area (Å²) in [4.78, 5) is 11.3. The van der Waals surface area contributed by atoms with Gasteiger partial charge in [0.1, 0.15) is 5.75 Å². The van der Waals surface area contributed by atoms with Crippen molar-refractivity contribution in [3.8, 4) is 5.75 Å². The Hall–Kier alpha value is -1.03. The van der Waals surface area contributed by atoms with Gasteiger partial charge in [-0.25, -0.2) is 0 Å². The number of benzene rings is 1. The van der Waals surface area contributed by atoms with Gasteiger partial charge in [0.2, 0.25) is 0 Å². The minimum absolute atomic E-state index is 0.144. The van der Waals surface area contributed by atoms with Gasteiger partial charge in [-0.15, -0.1) is 0 Å². The van der Waals surface area contributed by atoms with E-state index in [2.05, 4.69) is 15.9 Å². The van der Waals surface area contributed by atoms with Crippen molar-refractivity contribution in [3.63, 3.8) is 0 Å². The van der Waals surface area contributed by atoms with Crippen LogP contribution in [-0.4, -0.2) is 18.7 Å². The molecule has 1 saturated carbocycles. The van der Waals surface area contributed by atoms with Crippen molar-refractivity contribution >= 4 is 21.9 Å². The van der Waals surface area contributed by atoms with Crippen LogP contribution in [0, 0.1) is 0 Å². The lowest BCUT2D eigenvalue weighted by Gasteiger charge is -2.15. The lowest BCUT2D eigenvalue weighted by Crippen LogP contribution is -2.11. The third-order valence-electron chi connectivity index (χ3n) is 3.52. The van der Waals surface area contributed by atoms with E-state index in [9.17, 15) is 4.79 Å². The van der Waals surface area contributed by atoms with Crippen molar-refractivity contribution in [1.82, 2.24) is 0 Å². The van der Waals surface area contributed by atoms with Crippen LogP contribution in [-0.2, 0) is 16.0 Å². The molecule has 1 aromatic rings. The van der Waals surface area contributed by atoms with E-state index in [4.69, 9.17) is 9.47 Å². The molecular weight excluding hydrogens is 320 g/mol. The van der Waals surface area contributed by atoms with Crippen molar-refractivity contribution in [3.05, 3.63) is 28.2 Å². The zero-order valence-corrected chi connectivity index (χ0v) is 13.4. The van der Waals surface area contributed by atoms with Gasteiger partial charge >= 0.3 is 5.97 Å². The molecule has 0 amide bonds. The fraction of sp³-hybridized carbons (Fsp3) is 0.562.